The molecule has 1 spiro atoms. The SMILES string of the molecule is Cc1ccnc(OCC2CCS(=O)(=O)C23CN(C(=O)c2cc(C4CC4)on2)C3)n1. The number of carbonyl (C=O) groups excluding carboxylic acids is 1. The first-order chi connectivity index (χ1) is 13.9. The third-order valence-electron chi connectivity index (χ3n) is 6.22. The minimum absolute atomic E-state index is 0.105. The third-order valence-corrected chi connectivity index (χ3v) is 8.82. The van der Waals surface area contributed by atoms with Crippen LogP contribution in [0, 0.1) is 12.8 Å². The molecule has 3 aliphatic rings. The molecule has 3 fully saturated rings. The average Bonchev–Trinajstić information content (AvgIpc) is 3.31. The summed E-state index contributed by atoms with van der Waals surface area (Å²) in [5.41, 5.74) is 1.03. The van der Waals surface area contributed by atoms with Gasteiger partial charge in [0.1, 0.15) is 10.5 Å². The summed E-state index contributed by atoms with van der Waals surface area (Å²) >= 11 is 0. The summed E-state index contributed by atoms with van der Waals surface area (Å²) < 4.78 is 35.6. The first kappa shape index (κ1) is 18.5. The van der Waals surface area contributed by atoms with E-state index in [9.17, 15) is 13.2 Å². The van der Waals surface area contributed by atoms with Gasteiger partial charge in [-0.25, -0.2) is 18.4 Å². The molecule has 2 aliphatic heterocycles. The monoisotopic (exact) mass is 418 g/mol. The second-order valence-electron chi connectivity index (χ2n) is 8.21. The zero-order valence-corrected chi connectivity index (χ0v) is 16.9. The second-order valence-corrected chi connectivity index (χ2v) is 10.7. The number of nitrogens with zero attached hydrogens (tertiary/aromatic N) is 4. The van der Waals surface area contributed by atoms with Crippen LogP contribution in [0.5, 0.6) is 6.01 Å². The maximum absolute atomic E-state index is 12.8. The Morgan fingerprint density at radius 2 is 2.14 bits per heavy atom. The number of aromatic nitrogens is 3. The van der Waals surface area contributed by atoms with Crippen LogP contribution in [0.25, 0.3) is 0 Å². The smallest absolute Gasteiger partial charge is 0.316 e. The lowest BCUT2D eigenvalue weighted by Gasteiger charge is -2.49. The summed E-state index contributed by atoms with van der Waals surface area (Å²) in [6, 6.07) is 3.69. The van der Waals surface area contributed by atoms with Crippen LogP contribution in [0.3, 0.4) is 0 Å². The van der Waals surface area contributed by atoms with E-state index < -0.39 is 14.6 Å². The standard InChI is InChI=1S/C19H22N4O5S/c1-12-4-6-20-18(21-12)27-9-14-5-7-29(25,26)19(14)10-23(11-19)17(24)15-8-16(28-22-15)13-2-3-13/h4,6,8,13-14H,2-3,5,7,9-11H2,1H3. The minimum atomic E-state index is -3.32. The molecule has 0 radical (unpaired) electrons. The largest absolute Gasteiger partial charge is 0.463 e. The van der Waals surface area contributed by atoms with Crippen molar-refractivity contribution >= 4 is 15.7 Å². The van der Waals surface area contributed by atoms with Crippen LogP contribution in [0.15, 0.2) is 22.9 Å². The third kappa shape index (κ3) is 3.09. The molecule has 29 heavy (non-hydrogen) atoms. The molecular weight excluding hydrogens is 396 g/mol. The lowest BCUT2D eigenvalue weighted by molar-refractivity contribution is 0.0394. The molecule has 154 valence electrons. The molecule has 2 aromatic heterocycles. The minimum Gasteiger partial charge on any atom is -0.463 e. The lowest BCUT2D eigenvalue weighted by Crippen LogP contribution is -2.69. The number of sulfone groups is 1. The van der Waals surface area contributed by atoms with Gasteiger partial charge in [0.2, 0.25) is 0 Å². The average molecular weight is 418 g/mol. The fraction of sp³-hybridized carbons (Fsp3) is 0.579. The van der Waals surface area contributed by atoms with Crippen LogP contribution < -0.4 is 4.74 Å². The molecule has 1 saturated carbocycles. The molecule has 1 aliphatic carbocycles. The van der Waals surface area contributed by atoms with E-state index in [4.69, 9.17) is 9.26 Å². The lowest BCUT2D eigenvalue weighted by atomic mass is 9.83. The van der Waals surface area contributed by atoms with Gasteiger partial charge >= 0.3 is 6.01 Å². The van der Waals surface area contributed by atoms with Crippen molar-refractivity contribution < 1.29 is 22.5 Å². The number of hydrogen-bond acceptors (Lipinski definition) is 8. The predicted octanol–water partition coefficient (Wildman–Crippen LogP) is 1.36. The highest BCUT2D eigenvalue weighted by Crippen LogP contribution is 2.45. The van der Waals surface area contributed by atoms with E-state index in [1.54, 1.807) is 18.3 Å². The zero-order chi connectivity index (χ0) is 20.2. The van der Waals surface area contributed by atoms with E-state index in [2.05, 4.69) is 15.1 Å². The van der Waals surface area contributed by atoms with Crippen molar-refractivity contribution in [3.8, 4) is 6.01 Å². The van der Waals surface area contributed by atoms with E-state index in [1.807, 2.05) is 6.92 Å². The van der Waals surface area contributed by atoms with E-state index in [0.717, 1.165) is 24.3 Å². The van der Waals surface area contributed by atoms with E-state index in [0.29, 0.717) is 12.3 Å². The first-order valence-corrected chi connectivity index (χ1v) is 11.4. The predicted molar refractivity (Wildman–Crippen MR) is 101 cm³/mol. The summed E-state index contributed by atoms with van der Waals surface area (Å²) in [7, 11) is -3.32. The summed E-state index contributed by atoms with van der Waals surface area (Å²) in [6.45, 7) is 2.36. The first-order valence-electron chi connectivity index (χ1n) is 9.79. The normalized spacial score (nSPS) is 24.4. The molecule has 1 amide bonds. The van der Waals surface area contributed by atoms with Crippen molar-refractivity contribution in [3.63, 3.8) is 0 Å². The fourth-order valence-corrected chi connectivity index (χ4v) is 6.63. The number of aryl methyl sites for hydroxylation is 1. The number of rotatable bonds is 5. The highest BCUT2D eigenvalue weighted by Gasteiger charge is 2.63. The molecule has 4 heterocycles. The van der Waals surface area contributed by atoms with Gasteiger partial charge < -0.3 is 14.2 Å². The molecule has 1 unspecified atom stereocenters. The van der Waals surface area contributed by atoms with Crippen LogP contribution in [0.1, 0.15) is 47.1 Å². The molecule has 0 N–H and O–H groups in total. The van der Waals surface area contributed by atoms with Gasteiger partial charge in [-0.3, -0.25) is 4.79 Å². The van der Waals surface area contributed by atoms with Gasteiger partial charge in [0.15, 0.2) is 15.5 Å². The summed E-state index contributed by atoms with van der Waals surface area (Å²) in [6.07, 6.45) is 4.23. The van der Waals surface area contributed by atoms with Crippen LogP contribution in [0.4, 0.5) is 0 Å². The second kappa shape index (κ2) is 6.51. The van der Waals surface area contributed by atoms with Crippen LogP contribution in [0.2, 0.25) is 0 Å². The molecule has 5 rings (SSSR count). The zero-order valence-electron chi connectivity index (χ0n) is 16.1. The molecule has 1 atom stereocenters. The maximum atomic E-state index is 12.8. The molecule has 2 aromatic rings. The molecular formula is C19H22N4O5S. The van der Waals surface area contributed by atoms with Gasteiger partial charge in [-0.1, -0.05) is 5.16 Å². The Balaban J connectivity index is 1.28. The highest BCUT2D eigenvalue weighted by atomic mass is 32.2. The van der Waals surface area contributed by atoms with Gasteiger partial charge in [-0.15, -0.1) is 0 Å². The molecule has 9 nitrogen and oxygen atoms in total. The Labute approximate surface area is 168 Å². The number of hydrogen-bond donors (Lipinski definition) is 0. The summed E-state index contributed by atoms with van der Waals surface area (Å²) in [5.74, 6) is 0.719. The van der Waals surface area contributed by atoms with Gasteiger partial charge in [0, 0.05) is 42.9 Å². The quantitative estimate of drug-likeness (QED) is 0.715. The van der Waals surface area contributed by atoms with Crippen molar-refractivity contribution in [2.75, 3.05) is 25.4 Å². The maximum Gasteiger partial charge on any atom is 0.316 e. The van der Waals surface area contributed by atoms with Crippen LogP contribution in [-0.4, -0.2) is 64.5 Å². The molecule has 0 bridgehead atoms. The Morgan fingerprint density at radius 1 is 1.34 bits per heavy atom. The Hall–Kier alpha value is -2.49. The van der Waals surface area contributed by atoms with Crippen molar-refractivity contribution in [1.29, 1.82) is 0 Å². The fourth-order valence-electron chi connectivity index (χ4n) is 4.23. The number of carbonyl (C=O) groups is 1. The molecule has 10 heteroatoms. The van der Waals surface area contributed by atoms with Gasteiger partial charge in [0.05, 0.1) is 12.4 Å². The van der Waals surface area contributed by atoms with E-state index in [1.165, 1.54) is 4.90 Å². The summed E-state index contributed by atoms with van der Waals surface area (Å²) in [4.78, 5) is 22.5. The number of amides is 1. The summed E-state index contributed by atoms with van der Waals surface area (Å²) in [5, 5.41) is 3.88. The van der Waals surface area contributed by atoms with Crippen molar-refractivity contribution in [3.05, 3.63) is 35.5 Å². The number of likely N-dealkylation sites (tertiary alicyclic amines) is 1. The van der Waals surface area contributed by atoms with Gasteiger partial charge in [-0.2, -0.15) is 0 Å². The molecule has 2 saturated heterocycles. The van der Waals surface area contributed by atoms with Gasteiger partial charge in [0.25, 0.3) is 5.91 Å². The molecule has 0 aromatic carbocycles. The highest BCUT2D eigenvalue weighted by molar-refractivity contribution is 7.93. The van der Waals surface area contributed by atoms with E-state index >= 15 is 0 Å². The van der Waals surface area contributed by atoms with E-state index in [-0.39, 0.29) is 49.0 Å². The van der Waals surface area contributed by atoms with Crippen molar-refractivity contribution in [2.45, 2.75) is 36.9 Å². The topological polar surface area (TPSA) is 115 Å². The van der Waals surface area contributed by atoms with Crippen molar-refractivity contribution in [1.82, 2.24) is 20.0 Å². The Bertz CT molecular complexity index is 1060. The Kier molecular flexibility index (Phi) is 4.16. The van der Waals surface area contributed by atoms with Crippen LogP contribution in [-0.2, 0) is 9.84 Å². The van der Waals surface area contributed by atoms with Crippen molar-refractivity contribution in [2.24, 2.45) is 5.92 Å². The van der Waals surface area contributed by atoms with Gasteiger partial charge in [-0.05, 0) is 32.3 Å². The van der Waals surface area contributed by atoms with Crippen LogP contribution >= 0.6 is 0 Å². The number of ether oxygens (including phenoxy) is 1. The Morgan fingerprint density at radius 3 is 2.86 bits per heavy atom.